The highest BCUT2D eigenvalue weighted by atomic mass is 127. The molecule has 0 amide bonds. The van der Waals surface area contributed by atoms with Gasteiger partial charge < -0.3 is 15.4 Å². The highest BCUT2D eigenvalue weighted by molar-refractivity contribution is 14.0. The van der Waals surface area contributed by atoms with Crippen LogP contribution in [0.5, 0.6) is 0 Å². The fourth-order valence-electron chi connectivity index (χ4n) is 2.44. The predicted molar refractivity (Wildman–Crippen MR) is 108 cm³/mol. The SMILES string of the molecule is CCCCNC(=NCc1ccc(C)cc1)NCC1CCCO1.I. The third-order valence-electron chi connectivity index (χ3n) is 3.88. The summed E-state index contributed by atoms with van der Waals surface area (Å²) in [6.45, 7) is 7.70. The number of aryl methyl sites for hydroxylation is 1. The number of guanidine groups is 1. The Morgan fingerprint density at radius 3 is 2.70 bits per heavy atom. The first-order chi connectivity index (χ1) is 10.8. The zero-order chi connectivity index (χ0) is 15.6. The number of halogens is 1. The van der Waals surface area contributed by atoms with Crippen molar-refractivity contribution in [1.82, 2.24) is 10.6 Å². The van der Waals surface area contributed by atoms with Crippen molar-refractivity contribution in [1.29, 1.82) is 0 Å². The first-order valence-electron chi connectivity index (χ1n) is 8.47. The van der Waals surface area contributed by atoms with Crippen LogP contribution in [0, 0.1) is 6.92 Å². The van der Waals surface area contributed by atoms with E-state index in [-0.39, 0.29) is 24.0 Å². The van der Waals surface area contributed by atoms with Crippen molar-refractivity contribution < 1.29 is 4.74 Å². The molecule has 1 fully saturated rings. The predicted octanol–water partition coefficient (Wildman–Crippen LogP) is 3.63. The standard InChI is InChI=1S/C18H29N3O.HI/c1-3-4-11-19-18(21-14-17-6-5-12-22-17)20-13-16-9-7-15(2)8-10-16;/h7-10,17H,3-6,11-14H2,1-2H3,(H2,19,20,21);1H. The minimum absolute atomic E-state index is 0. The number of benzene rings is 1. The summed E-state index contributed by atoms with van der Waals surface area (Å²) in [7, 11) is 0. The zero-order valence-corrected chi connectivity index (χ0v) is 16.6. The van der Waals surface area contributed by atoms with Crippen LogP contribution in [-0.4, -0.2) is 31.8 Å². The van der Waals surface area contributed by atoms with Crippen molar-refractivity contribution in [2.24, 2.45) is 4.99 Å². The largest absolute Gasteiger partial charge is 0.376 e. The quantitative estimate of drug-likeness (QED) is 0.300. The van der Waals surface area contributed by atoms with Crippen LogP contribution in [0.2, 0.25) is 0 Å². The van der Waals surface area contributed by atoms with E-state index in [9.17, 15) is 0 Å². The summed E-state index contributed by atoms with van der Waals surface area (Å²) in [5, 5.41) is 6.83. The molecule has 1 heterocycles. The van der Waals surface area contributed by atoms with E-state index in [1.54, 1.807) is 0 Å². The normalized spacial score (nSPS) is 17.7. The van der Waals surface area contributed by atoms with Crippen molar-refractivity contribution in [3.63, 3.8) is 0 Å². The average molecular weight is 431 g/mol. The number of hydrogen-bond acceptors (Lipinski definition) is 2. The average Bonchev–Trinajstić information content (AvgIpc) is 3.04. The van der Waals surface area contributed by atoms with Crippen molar-refractivity contribution in [2.75, 3.05) is 19.7 Å². The molecule has 0 aliphatic carbocycles. The van der Waals surface area contributed by atoms with Gasteiger partial charge in [-0.2, -0.15) is 0 Å². The summed E-state index contributed by atoms with van der Waals surface area (Å²) >= 11 is 0. The maximum atomic E-state index is 5.66. The lowest BCUT2D eigenvalue weighted by Crippen LogP contribution is -2.41. The second-order valence-electron chi connectivity index (χ2n) is 5.95. The molecule has 0 radical (unpaired) electrons. The third-order valence-corrected chi connectivity index (χ3v) is 3.88. The van der Waals surface area contributed by atoms with Gasteiger partial charge in [0.25, 0.3) is 0 Å². The Labute approximate surface area is 157 Å². The van der Waals surface area contributed by atoms with Crippen LogP contribution in [0.3, 0.4) is 0 Å². The van der Waals surface area contributed by atoms with E-state index in [0.717, 1.165) is 38.5 Å². The van der Waals surface area contributed by atoms with Crippen molar-refractivity contribution in [3.8, 4) is 0 Å². The fraction of sp³-hybridized carbons (Fsp3) is 0.611. The smallest absolute Gasteiger partial charge is 0.191 e. The molecule has 0 aromatic heterocycles. The summed E-state index contributed by atoms with van der Waals surface area (Å²) in [5.41, 5.74) is 2.52. The summed E-state index contributed by atoms with van der Waals surface area (Å²) in [4.78, 5) is 4.70. The molecule has 0 bridgehead atoms. The number of aliphatic imine (C=N–C) groups is 1. The van der Waals surface area contributed by atoms with Crippen LogP contribution in [0.15, 0.2) is 29.3 Å². The van der Waals surface area contributed by atoms with E-state index in [1.165, 1.54) is 24.0 Å². The van der Waals surface area contributed by atoms with Crippen molar-refractivity contribution in [3.05, 3.63) is 35.4 Å². The second kappa shape index (κ2) is 11.7. The molecular formula is C18H30IN3O. The van der Waals surface area contributed by atoms with E-state index in [2.05, 4.69) is 48.7 Å². The van der Waals surface area contributed by atoms with E-state index in [0.29, 0.717) is 12.6 Å². The van der Waals surface area contributed by atoms with Gasteiger partial charge in [-0.25, -0.2) is 4.99 Å². The van der Waals surface area contributed by atoms with Crippen LogP contribution < -0.4 is 10.6 Å². The van der Waals surface area contributed by atoms with Crippen LogP contribution in [-0.2, 0) is 11.3 Å². The number of nitrogens with one attached hydrogen (secondary N) is 2. The zero-order valence-electron chi connectivity index (χ0n) is 14.3. The molecule has 1 aromatic rings. The summed E-state index contributed by atoms with van der Waals surface area (Å²) in [6, 6.07) is 8.55. The molecule has 130 valence electrons. The number of unbranched alkanes of at least 4 members (excludes halogenated alkanes) is 1. The molecule has 1 aliphatic rings. The topological polar surface area (TPSA) is 45.7 Å². The Morgan fingerprint density at radius 2 is 2.04 bits per heavy atom. The monoisotopic (exact) mass is 431 g/mol. The van der Waals surface area contributed by atoms with E-state index >= 15 is 0 Å². The second-order valence-corrected chi connectivity index (χ2v) is 5.95. The molecular weight excluding hydrogens is 401 g/mol. The molecule has 1 saturated heterocycles. The van der Waals surface area contributed by atoms with Gasteiger partial charge >= 0.3 is 0 Å². The fourth-order valence-corrected chi connectivity index (χ4v) is 2.44. The highest BCUT2D eigenvalue weighted by Gasteiger charge is 2.15. The molecule has 2 N–H and O–H groups in total. The van der Waals surface area contributed by atoms with E-state index < -0.39 is 0 Å². The number of rotatable bonds is 7. The minimum Gasteiger partial charge on any atom is -0.376 e. The Bertz CT molecular complexity index is 456. The molecule has 5 heteroatoms. The Kier molecular flexibility index (Phi) is 10.3. The number of ether oxygens (including phenoxy) is 1. The number of nitrogens with zero attached hydrogens (tertiary/aromatic N) is 1. The van der Waals surface area contributed by atoms with Crippen LogP contribution in [0.4, 0.5) is 0 Å². The van der Waals surface area contributed by atoms with Gasteiger partial charge in [0.2, 0.25) is 0 Å². The molecule has 1 unspecified atom stereocenters. The van der Waals surface area contributed by atoms with Crippen molar-refractivity contribution in [2.45, 2.75) is 52.2 Å². The molecule has 0 saturated carbocycles. The molecule has 0 spiro atoms. The molecule has 1 atom stereocenters. The van der Waals surface area contributed by atoms with Gasteiger partial charge in [-0.15, -0.1) is 24.0 Å². The molecule has 23 heavy (non-hydrogen) atoms. The van der Waals surface area contributed by atoms with Gasteiger partial charge in [0, 0.05) is 19.7 Å². The van der Waals surface area contributed by atoms with Crippen LogP contribution >= 0.6 is 24.0 Å². The third kappa shape index (κ3) is 8.01. The minimum atomic E-state index is 0. The highest BCUT2D eigenvalue weighted by Crippen LogP contribution is 2.10. The Balaban J connectivity index is 0.00000264. The molecule has 1 aliphatic heterocycles. The van der Waals surface area contributed by atoms with E-state index in [4.69, 9.17) is 9.73 Å². The maximum Gasteiger partial charge on any atom is 0.191 e. The summed E-state index contributed by atoms with van der Waals surface area (Å²) < 4.78 is 5.66. The van der Waals surface area contributed by atoms with Gasteiger partial charge in [-0.3, -0.25) is 0 Å². The first kappa shape index (κ1) is 20.2. The number of hydrogen-bond donors (Lipinski definition) is 2. The molecule has 4 nitrogen and oxygen atoms in total. The molecule has 1 aromatic carbocycles. The lowest BCUT2D eigenvalue weighted by Gasteiger charge is -2.15. The Hall–Kier alpha value is -0.820. The maximum absolute atomic E-state index is 5.66. The van der Waals surface area contributed by atoms with Gasteiger partial charge in [0.05, 0.1) is 12.6 Å². The summed E-state index contributed by atoms with van der Waals surface area (Å²) in [6.07, 6.45) is 4.99. The van der Waals surface area contributed by atoms with Crippen molar-refractivity contribution >= 4 is 29.9 Å². The van der Waals surface area contributed by atoms with Crippen LogP contribution in [0.1, 0.15) is 43.7 Å². The van der Waals surface area contributed by atoms with Gasteiger partial charge in [0.15, 0.2) is 5.96 Å². The van der Waals surface area contributed by atoms with Gasteiger partial charge in [-0.1, -0.05) is 43.2 Å². The molecule has 2 rings (SSSR count). The van der Waals surface area contributed by atoms with Gasteiger partial charge in [0.1, 0.15) is 0 Å². The van der Waals surface area contributed by atoms with Gasteiger partial charge in [-0.05, 0) is 31.7 Å². The first-order valence-corrected chi connectivity index (χ1v) is 8.47. The summed E-state index contributed by atoms with van der Waals surface area (Å²) in [5.74, 6) is 0.893. The lowest BCUT2D eigenvalue weighted by atomic mass is 10.1. The van der Waals surface area contributed by atoms with E-state index in [1.807, 2.05) is 0 Å². The lowest BCUT2D eigenvalue weighted by molar-refractivity contribution is 0.114. The Morgan fingerprint density at radius 1 is 1.26 bits per heavy atom. The van der Waals surface area contributed by atoms with Crippen LogP contribution in [0.25, 0.3) is 0 Å².